The molecule has 9 heteroatoms. The van der Waals surface area contributed by atoms with Gasteiger partial charge in [-0.2, -0.15) is 0 Å². The third-order valence-corrected chi connectivity index (χ3v) is 33.4. The van der Waals surface area contributed by atoms with Crippen molar-refractivity contribution < 1.29 is 16.5 Å². The average Bonchev–Trinajstić information content (AvgIpc) is 3.58. The van der Waals surface area contributed by atoms with Crippen LogP contribution in [-0.2, 0) is 16.5 Å². The second kappa shape index (κ2) is 23.8. The zero-order valence-corrected chi connectivity index (χ0v) is 52.2. The number of rotatable bonds is 18. The van der Waals surface area contributed by atoms with Gasteiger partial charge in [-0.3, -0.25) is 0 Å². The molecule has 0 saturated carbocycles. The Kier molecular flexibility index (Phi) is 16.7. The molecule has 0 saturated heterocycles. The first-order chi connectivity index (χ1) is 38.1. The van der Waals surface area contributed by atoms with Crippen LogP contribution in [0.3, 0.4) is 0 Å². The molecule has 0 N–H and O–H groups in total. The molecule has 10 rings (SSSR count). The molecule has 2 radical (unpaired) electrons. The van der Waals surface area contributed by atoms with E-state index in [4.69, 9.17) is 16.5 Å². The van der Waals surface area contributed by atoms with E-state index in [-0.39, 0.29) is 0 Å². The van der Waals surface area contributed by atoms with E-state index in [2.05, 4.69) is 312 Å². The van der Waals surface area contributed by atoms with Crippen molar-refractivity contribution in [1.29, 1.82) is 0 Å². The Bertz CT molecular complexity index is 3180. The standard InChI is InChI=1S/C70H70O4Si5/c1-51-11-31-61(32-12-51)75(62-33-13-52(2)14-34-62)71-77(65-39-19-55(5)20-40-65,66-41-21-56(6)22-42-66)73-79(69-47-27-59(9)28-48-69,70-49-29-60(10)30-50-70)74-78(67-43-23-57(7)24-44-67,68-45-25-58(8)26-46-68)72-76(63-35-15-53(3)16-36-63)64-37-17-54(4)18-38-64/h11-50H,1-10H3. The van der Waals surface area contributed by atoms with Crippen molar-refractivity contribution in [1.82, 2.24) is 0 Å². The van der Waals surface area contributed by atoms with E-state index in [9.17, 15) is 0 Å². The van der Waals surface area contributed by atoms with E-state index in [1.165, 1.54) is 22.3 Å². The fraction of sp³-hybridized carbons (Fsp3) is 0.143. The highest BCUT2D eigenvalue weighted by Crippen LogP contribution is 2.28. The van der Waals surface area contributed by atoms with Gasteiger partial charge in [0.2, 0.25) is 0 Å². The summed E-state index contributed by atoms with van der Waals surface area (Å²) in [5.74, 6) is 0. The molecule has 0 aliphatic heterocycles. The molecule has 394 valence electrons. The number of hydrogen-bond donors (Lipinski definition) is 0. The van der Waals surface area contributed by atoms with Crippen molar-refractivity contribution in [3.05, 3.63) is 298 Å². The quantitative estimate of drug-likeness (QED) is 0.0804. The van der Waals surface area contributed by atoms with E-state index in [1.54, 1.807) is 0 Å². The van der Waals surface area contributed by atoms with Gasteiger partial charge in [0.1, 0.15) is 0 Å². The third kappa shape index (κ3) is 12.2. The van der Waals surface area contributed by atoms with Gasteiger partial charge >= 0.3 is 25.7 Å². The van der Waals surface area contributed by atoms with Crippen LogP contribution in [0.25, 0.3) is 0 Å². The zero-order chi connectivity index (χ0) is 55.3. The van der Waals surface area contributed by atoms with Gasteiger partial charge in [0.25, 0.3) is 18.1 Å². The highest BCUT2D eigenvalue weighted by molar-refractivity contribution is 7.12. The minimum absolute atomic E-state index is 0.959. The predicted octanol–water partition coefficient (Wildman–Crippen LogP) is 9.52. The summed E-state index contributed by atoms with van der Waals surface area (Å²) in [5, 5.41) is 10.4. The predicted molar refractivity (Wildman–Crippen MR) is 341 cm³/mol. The Hall–Kier alpha value is -6.88. The molecule has 0 fully saturated rings. The van der Waals surface area contributed by atoms with Gasteiger partial charge in [0.15, 0.2) is 0 Å². The summed E-state index contributed by atoms with van der Waals surface area (Å²) in [6.07, 6.45) is 0. The second-order valence-electron chi connectivity index (χ2n) is 21.6. The Morgan fingerprint density at radius 1 is 0.190 bits per heavy atom. The van der Waals surface area contributed by atoms with Crippen LogP contribution in [0.1, 0.15) is 55.6 Å². The largest absolute Gasteiger partial charge is 0.422 e. The molecule has 10 aromatic carbocycles. The first-order valence-corrected chi connectivity index (χ1v) is 35.6. The lowest BCUT2D eigenvalue weighted by atomic mass is 10.2. The summed E-state index contributed by atoms with van der Waals surface area (Å²) < 4.78 is 35.2. The van der Waals surface area contributed by atoms with Crippen LogP contribution in [0.2, 0.25) is 0 Å². The molecule has 0 unspecified atom stereocenters. The molecule has 0 spiro atoms. The first kappa shape index (κ1) is 55.4. The summed E-state index contributed by atoms with van der Waals surface area (Å²) in [6.45, 7) is 21.5. The molecule has 0 aromatic heterocycles. The minimum atomic E-state index is -4.32. The van der Waals surface area contributed by atoms with Crippen molar-refractivity contribution in [2.75, 3.05) is 0 Å². The molecular formula is C70H70O4Si5. The van der Waals surface area contributed by atoms with Gasteiger partial charge in [-0.1, -0.05) is 298 Å². The lowest BCUT2D eigenvalue weighted by Gasteiger charge is -2.47. The van der Waals surface area contributed by atoms with Crippen molar-refractivity contribution in [2.24, 2.45) is 0 Å². The molecule has 0 bridgehead atoms. The number of benzene rings is 10. The van der Waals surface area contributed by atoms with Gasteiger partial charge in [-0.25, -0.2) is 0 Å². The molecule has 0 amide bonds. The van der Waals surface area contributed by atoms with Gasteiger partial charge in [0, 0.05) is 0 Å². The highest BCUT2D eigenvalue weighted by atomic mass is 28.5. The molecule has 10 aromatic rings. The van der Waals surface area contributed by atoms with Crippen LogP contribution in [0, 0.1) is 69.2 Å². The van der Waals surface area contributed by atoms with Gasteiger partial charge < -0.3 is 16.5 Å². The maximum Gasteiger partial charge on any atom is 0.390 e. The normalized spacial score (nSPS) is 12.1. The van der Waals surface area contributed by atoms with E-state index in [0.717, 1.165) is 85.2 Å². The Morgan fingerprint density at radius 3 is 0.494 bits per heavy atom. The maximum atomic E-state index is 9.05. The van der Waals surface area contributed by atoms with Crippen molar-refractivity contribution in [2.45, 2.75) is 69.2 Å². The van der Waals surface area contributed by atoms with Crippen LogP contribution in [0.5, 0.6) is 0 Å². The summed E-state index contributed by atoms with van der Waals surface area (Å²) in [4.78, 5) is 0. The topological polar surface area (TPSA) is 36.9 Å². The van der Waals surface area contributed by atoms with E-state index in [1.807, 2.05) is 0 Å². The van der Waals surface area contributed by atoms with Crippen LogP contribution < -0.4 is 51.9 Å². The fourth-order valence-corrected chi connectivity index (χ4v) is 31.9. The van der Waals surface area contributed by atoms with Gasteiger partial charge in [0.05, 0.1) is 0 Å². The molecule has 0 aliphatic carbocycles. The van der Waals surface area contributed by atoms with Crippen molar-refractivity contribution in [3.63, 3.8) is 0 Å². The summed E-state index contributed by atoms with van der Waals surface area (Å²) in [5.41, 5.74) is 11.6. The molecule has 4 nitrogen and oxygen atoms in total. The van der Waals surface area contributed by atoms with Crippen LogP contribution in [-0.4, -0.2) is 43.8 Å². The van der Waals surface area contributed by atoms with Crippen molar-refractivity contribution >= 4 is 95.6 Å². The average molecular weight is 1120 g/mol. The monoisotopic (exact) mass is 1110 g/mol. The smallest absolute Gasteiger partial charge is 0.390 e. The van der Waals surface area contributed by atoms with Gasteiger partial charge in [-0.05, 0) is 121 Å². The van der Waals surface area contributed by atoms with Crippen LogP contribution in [0.15, 0.2) is 243 Å². The van der Waals surface area contributed by atoms with Gasteiger partial charge in [-0.15, -0.1) is 0 Å². The fourth-order valence-electron chi connectivity index (χ4n) is 9.99. The molecular weight excluding hydrogens is 1050 g/mol. The van der Waals surface area contributed by atoms with Crippen LogP contribution in [0.4, 0.5) is 0 Å². The zero-order valence-electron chi connectivity index (χ0n) is 47.2. The minimum Gasteiger partial charge on any atom is -0.422 e. The van der Waals surface area contributed by atoms with E-state index in [0.29, 0.717) is 0 Å². The first-order valence-electron chi connectivity index (χ1n) is 27.3. The molecule has 79 heavy (non-hydrogen) atoms. The lowest BCUT2D eigenvalue weighted by Crippen LogP contribution is -2.82. The molecule has 0 atom stereocenters. The Morgan fingerprint density at radius 2 is 0.329 bits per heavy atom. The van der Waals surface area contributed by atoms with E-state index < -0.39 is 43.8 Å². The maximum absolute atomic E-state index is 9.05. The van der Waals surface area contributed by atoms with Crippen molar-refractivity contribution in [3.8, 4) is 0 Å². The Labute approximate surface area is 476 Å². The lowest BCUT2D eigenvalue weighted by molar-refractivity contribution is 0.334. The second-order valence-corrected chi connectivity index (χ2v) is 35.6. The number of hydrogen-bond acceptors (Lipinski definition) is 4. The SMILES string of the molecule is Cc1ccc([Si](O[Si](O[Si](O[Si](O[Si](c2ccc(C)cc2)c2ccc(C)cc2)(c2ccc(C)cc2)c2ccc(C)cc2)(c2ccc(C)cc2)c2ccc(C)cc2)(c2ccc(C)cc2)c2ccc(C)cc2)c2ccc(C)cc2)cc1. The summed E-state index contributed by atoms with van der Waals surface area (Å²) >= 11 is 0. The highest BCUT2D eigenvalue weighted by Gasteiger charge is 2.61. The Balaban J connectivity index is 1.36. The van der Waals surface area contributed by atoms with E-state index >= 15 is 0 Å². The van der Waals surface area contributed by atoms with Crippen LogP contribution >= 0.6 is 0 Å². The summed E-state index contributed by atoms with van der Waals surface area (Å²) in [6, 6.07) is 89.4. The molecule has 0 heterocycles. The number of aryl methyl sites for hydroxylation is 10. The summed E-state index contributed by atoms with van der Waals surface area (Å²) in [7, 11) is -16.8. The third-order valence-electron chi connectivity index (χ3n) is 14.9. The molecule has 0 aliphatic rings.